The van der Waals surface area contributed by atoms with E-state index in [1.54, 1.807) is 0 Å². The fourth-order valence-electron chi connectivity index (χ4n) is 2.58. The molecular formula is C14H25N3. The van der Waals surface area contributed by atoms with Crippen LogP contribution in [0.15, 0.2) is 0 Å². The molecule has 3 heteroatoms. The SMILES string of the molecule is CCN(CC1CCC1)CC(C)(C#N)NC1CC1. The van der Waals surface area contributed by atoms with Crippen molar-refractivity contribution in [3.63, 3.8) is 0 Å². The normalized spacial score (nSPS) is 24.1. The standard InChI is InChI=1S/C14H25N3/c1-3-17(9-12-5-4-6-12)11-14(2,10-15)16-13-7-8-13/h12-13,16H,3-9,11H2,1-2H3. The van der Waals surface area contributed by atoms with E-state index < -0.39 is 0 Å². The van der Waals surface area contributed by atoms with Crippen LogP contribution in [0, 0.1) is 17.2 Å². The van der Waals surface area contributed by atoms with Gasteiger partial charge in [0, 0.05) is 19.1 Å². The molecule has 0 radical (unpaired) electrons. The second-order valence-corrected chi connectivity index (χ2v) is 5.99. The van der Waals surface area contributed by atoms with Crippen molar-refractivity contribution in [2.45, 2.75) is 57.5 Å². The van der Waals surface area contributed by atoms with E-state index in [0.29, 0.717) is 6.04 Å². The Hall–Kier alpha value is -0.590. The van der Waals surface area contributed by atoms with Crippen LogP contribution in [0.3, 0.4) is 0 Å². The summed E-state index contributed by atoms with van der Waals surface area (Å²) in [6.07, 6.45) is 6.65. The molecule has 0 bridgehead atoms. The second kappa shape index (κ2) is 5.37. The summed E-state index contributed by atoms with van der Waals surface area (Å²) in [5.41, 5.74) is -0.360. The lowest BCUT2D eigenvalue weighted by Crippen LogP contribution is -2.52. The predicted octanol–water partition coefficient (Wildman–Crippen LogP) is 2.14. The molecule has 2 fully saturated rings. The van der Waals surface area contributed by atoms with Gasteiger partial charge in [0.1, 0.15) is 5.54 Å². The van der Waals surface area contributed by atoms with Crippen LogP contribution in [0.4, 0.5) is 0 Å². The van der Waals surface area contributed by atoms with Gasteiger partial charge in [-0.2, -0.15) is 5.26 Å². The fourth-order valence-corrected chi connectivity index (χ4v) is 2.58. The van der Waals surface area contributed by atoms with Crippen LogP contribution in [-0.4, -0.2) is 36.1 Å². The molecule has 0 aromatic rings. The minimum absolute atomic E-state index is 0.360. The van der Waals surface area contributed by atoms with Gasteiger partial charge in [0.2, 0.25) is 0 Å². The molecule has 0 spiro atoms. The van der Waals surface area contributed by atoms with E-state index in [1.807, 2.05) is 0 Å². The first kappa shape index (κ1) is 12.9. The van der Waals surface area contributed by atoms with Crippen LogP contribution in [-0.2, 0) is 0 Å². The summed E-state index contributed by atoms with van der Waals surface area (Å²) >= 11 is 0. The zero-order valence-electron chi connectivity index (χ0n) is 11.2. The third-order valence-corrected chi connectivity index (χ3v) is 4.07. The minimum atomic E-state index is -0.360. The Balaban J connectivity index is 1.83. The zero-order chi connectivity index (χ0) is 12.3. The Morgan fingerprint density at radius 3 is 2.47 bits per heavy atom. The molecule has 0 aromatic carbocycles. The van der Waals surface area contributed by atoms with Crippen LogP contribution < -0.4 is 5.32 Å². The Kier molecular flexibility index (Phi) is 4.06. The Labute approximate surface area is 105 Å². The topological polar surface area (TPSA) is 39.1 Å². The van der Waals surface area contributed by atoms with Crippen molar-refractivity contribution >= 4 is 0 Å². The smallest absolute Gasteiger partial charge is 0.116 e. The minimum Gasteiger partial charge on any atom is -0.300 e. The fraction of sp³-hybridized carbons (Fsp3) is 0.929. The van der Waals surface area contributed by atoms with Gasteiger partial charge in [-0.3, -0.25) is 5.32 Å². The number of likely N-dealkylation sites (N-methyl/N-ethyl adjacent to an activating group) is 1. The van der Waals surface area contributed by atoms with Gasteiger partial charge in [0.25, 0.3) is 0 Å². The summed E-state index contributed by atoms with van der Waals surface area (Å²) < 4.78 is 0. The molecule has 3 nitrogen and oxygen atoms in total. The highest BCUT2D eigenvalue weighted by molar-refractivity contribution is 5.09. The van der Waals surface area contributed by atoms with E-state index in [-0.39, 0.29) is 5.54 Å². The van der Waals surface area contributed by atoms with E-state index in [0.717, 1.165) is 19.0 Å². The molecule has 0 amide bonds. The van der Waals surface area contributed by atoms with Crippen LogP contribution in [0.5, 0.6) is 0 Å². The first-order valence-corrected chi connectivity index (χ1v) is 7.06. The number of hydrogen-bond donors (Lipinski definition) is 1. The Morgan fingerprint density at radius 2 is 2.06 bits per heavy atom. The van der Waals surface area contributed by atoms with E-state index in [4.69, 9.17) is 0 Å². The molecule has 2 aliphatic rings. The summed E-state index contributed by atoms with van der Waals surface area (Å²) in [6, 6.07) is 3.07. The maximum atomic E-state index is 9.37. The molecule has 0 aliphatic heterocycles. The lowest BCUT2D eigenvalue weighted by molar-refractivity contribution is 0.158. The average molecular weight is 235 g/mol. The molecule has 2 aliphatic carbocycles. The lowest BCUT2D eigenvalue weighted by Gasteiger charge is -2.35. The van der Waals surface area contributed by atoms with Gasteiger partial charge in [-0.15, -0.1) is 0 Å². The molecule has 0 saturated heterocycles. The maximum absolute atomic E-state index is 9.37. The van der Waals surface area contributed by atoms with E-state index >= 15 is 0 Å². The molecule has 0 heterocycles. The molecule has 2 rings (SSSR count). The number of nitrogens with zero attached hydrogens (tertiary/aromatic N) is 2. The van der Waals surface area contributed by atoms with Gasteiger partial charge in [-0.25, -0.2) is 0 Å². The van der Waals surface area contributed by atoms with Gasteiger partial charge in [0.15, 0.2) is 0 Å². The van der Waals surface area contributed by atoms with E-state index in [2.05, 4.69) is 30.1 Å². The summed E-state index contributed by atoms with van der Waals surface area (Å²) in [5, 5.41) is 12.9. The number of nitriles is 1. The summed E-state index contributed by atoms with van der Waals surface area (Å²) in [4.78, 5) is 2.45. The van der Waals surface area contributed by atoms with Crippen molar-refractivity contribution in [3.05, 3.63) is 0 Å². The number of nitrogens with one attached hydrogen (secondary N) is 1. The molecule has 1 unspecified atom stereocenters. The van der Waals surface area contributed by atoms with Crippen molar-refractivity contribution < 1.29 is 0 Å². The second-order valence-electron chi connectivity index (χ2n) is 5.99. The molecule has 17 heavy (non-hydrogen) atoms. The zero-order valence-corrected chi connectivity index (χ0v) is 11.2. The van der Waals surface area contributed by atoms with Crippen molar-refractivity contribution in [2.75, 3.05) is 19.6 Å². The van der Waals surface area contributed by atoms with E-state index in [1.165, 1.54) is 38.6 Å². The van der Waals surface area contributed by atoms with Crippen LogP contribution in [0.2, 0.25) is 0 Å². The van der Waals surface area contributed by atoms with Crippen LogP contribution in [0.1, 0.15) is 46.0 Å². The Morgan fingerprint density at radius 1 is 1.35 bits per heavy atom. The van der Waals surface area contributed by atoms with Gasteiger partial charge in [-0.05, 0) is 45.1 Å². The molecule has 1 N–H and O–H groups in total. The molecule has 1 atom stereocenters. The lowest BCUT2D eigenvalue weighted by atomic mass is 9.85. The van der Waals surface area contributed by atoms with Gasteiger partial charge >= 0.3 is 0 Å². The average Bonchev–Trinajstić information content (AvgIpc) is 3.05. The molecule has 2 saturated carbocycles. The molecular weight excluding hydrogens is 210 g/mol. The number of rotatable bonds is 7. The highest BCUT2D eigenvalue weighted by Gasteiger charge is 2.34. The van der Waals surface area contributed by atoms with Crippen molar-refractivity contribution in [1.82, 2.24) is 10.2 Å². The highest BCUT2D eigenvalue weighted by Crippen LogP contribution is 2.28. The largest absolute Gasteiger partial charge is 0.300 e. The quantitative estimate of drug-likeness (QED) is 0.735. The monoisotopic (exact) mass is 235 g/mol. The number of hydrogen-bond acceptors (Lipinski definition) is 3. The van der Waals surface area contributed by atoms with Crippen LogP contribution in [0.25, 0.3) is 0 Å². The van der Waals surface area contributed by atoms with Crippen molar-refractivity contribution in [3.8, 4) is 6.07 Å². The van der Waals surface area contributed by atoms with Gasteiger partial charge in [-0.1, -0.05) is 13.3 Å². The van der Waals surface area contributed by atoms with Gasteiger partial charge < -0.3 is 4.90 Å². The van der Waals surface area contributed by atoms with Crippen molar-refractivity contribution in [2.24, 2.45) is 5.92 Å². The predicted molar refractivity (Wildman–Crippen MR) is 69.6 cm³/mol. The van der Waals surface area contributed by atoms with Crippen LogP contribution >= 0.6 is 0 Å². The molecule has 96 valence electrons. The summed E-state index contributed by atoms with van der Waals surface area (Å²) in [6.45, 7) is 7.36. The van der Waals surface area contributed by atoms with Crippen molar-refractivity contribution in [1.29, 1.82) is 5.26 Å². The third-order valence-electron chi connectivity index (χ3n) is 4.07. The first-order chi connectivity index (χ1) is 8.15. The summed E-state index contributed by atoms with van der Waals surface area (Å²) in [7, 11) is 0. The third kappa shape index (κ3) is 3.69. The Bertz CT molecular complexity index is 288. The van der Waals surface area contributed by atoms with Gasteiger partial charge in [0.05, 0.1) is 6.07 Å². The highest BCUT2D eigenvalue weighted by atomic mass is 15.2. The summed E-state index contributed by atoms with van der Waals surface area (Å²) in [5.74, 6) is 0.888. The first-order valence-electron chi connectivity index (χ1n) is 7.06. The maximum Gasteiger partial charge on any atom is 0.116 e. The molecule has 0 aromatic heterocycles. The van der Waals surface area contributed by atoms with E-state index in [9.17, 15) is 5.26 Å².